The first-order valence-electron chi connectivity index (χ1n) is 6.66. The van der Waals surface area contributed by atoms with Crippen LogP contribution in [0.3, 0.4) is 0 Å². The molecule has 0 aliphatic carbocycles. The molecule has 0 spiro atoms. The van der Waals surface area contributed by atoms with Gasteiger partial charge in [-0.2, -0.15) is 0 Å². The van der Waals surface area contributed by atoms with E-state index in [1.807, 2.05) is 4.90 Å². The number of piperidine rings is 1. The van der Waals surface area contributed by atoms with Gasteiger partial charge in [0.2, 0.25) is 0 Å². The Morgan fingerprint density at radius 1 is 1.45 bits per heavy atom. The molecular formula is C13H19N3O3S. The lowest BCUT2D eigenvalue weighted by molar-refractivity contribution is 0.0691. The lowest BCUT2D eigenvalue weighted by Crippen LogP contribution is -2.47. The topological polar surface area (TPSA) is 82.5 Å². The van der Waals surface area contributed by atoms with Crippen molar-refractivity contribution in [2.45, 2.75) is 26.8 Å². The van der Waals surface area contributed by atoms with E-state index in [-0.39, 0.29) is 18.3 Å². The average Bonchev–Trinajstić information content (AvgIpc) is 2.83. The van der Waals surface area contributed by atoms with E-state index < -0.39 is 5.97 Å². The first-order valence-corrected chi connectivity index (χ1v) is 7.54. The molecule has 0 radical (unpaired) electrons. The smallest absolute Gasteiger partial charge is 0.355 e. The highest BCUT2D eigenvalue weighted by atomic mass is 32.1. The minimum Gasteiger partial charge on any atom is -0.476 e. The molecule has 20 heavy (non-hydrogen) atoms. The lowest BCUT2D eigenvalue weighted by atomic mass is 9.92. The molecule has 2 rings (SSSR count). The number of carboxylic acids is 1. The molecule has 1 aromatic rings. The Balaban J connectivity index is 1.86. The van der Waals surface area contributed by atoms with Crippen LogP contribution in [0, 0.1) is 11.8 Å². The first kappa shape index (κ1) is 14.8. The van der Waals surface area contributed by atoms with Gasteiger partial charge < -0.3 is 15.3 Å². The number of likely N-dealkylation sites (tertiary alicyclic amines) is 1. The van der Waals surface area contributed by atoms with Crippen LogP contribution in [0.4, 0.5) is 4.79 Å². The molecule has 2 heterocycles. The number of urea groups is 1. The third-order valence-corrected chi connectivity index (χ3v) is 4.17. The van der Waals surface area contributed by atoms with Gasteiger partial charge in [-0.15, -0.1) is 11.3 Å². The van der Waals surface area contributed by atoms with Gasteiger partial charge in [0.15, 0.2) is 5.69 Å². The summed E-state index contributed by atoms with van der Waals surface area (Å²) in [5.74, 6) is -0.0107. The maximum Gasteiger partial charge on any atom is 0.355 e. The maximum atomic E-state index is 12.1. The molecule has 0 aromatic carbocycles. The van der Waals surface area contributed by atoms with E-state index in [2.05, 4.69) is 24.1 Å². The van der Waals surface area contributed by atoms with Crippen LogP contribution in [0.25, 0.3) is 0 Å². The number of amides is 2. The Morgan fingerprint density at radius 3 is 2.65 bits per heavy atom. The molecular weight excluding hydrogens is 278 g/mol. The fraction of sp³-hybridized carbons (Fsp3) is 0.615. The number of hydrogen-bond donors (Lipinski definition) is 2. The monoisotopic (exact) mass is 297 g/mol. The Hall–Kier alpha value is -1.63. The van der Waals surface area contributed by atoms with Crippen molar-refractivity contribution in [3.63, 3.8) is 0 Å². The van der Waals surface area contributed by atoms with Crippen molar-refractivity contribution in [2.24, 2.45) is 11.8 Å². The van der Waals surface area contributed by atoms with Crippen molar-refractivity contribution in [3.05, 3.63) is 16.1 Å². The summed E-state index contributed by atoms with van der Waals surface area (Å²) in [6.45, 7) is 6.12. The Bertz CT molecular complexity index is 493. The van der Waals surface area contributed by atoms with Crippen molar-refractivity contribution in [1.82, 2.24) is 15.2 Å². The van der Waals surface area contributed by atoms with Gasteiger partial charge in [0.1, 0.15) is 5.01 Å². The van der Waals surface area contributed by atoms with Gasteiger partial charge in [0.25, 0.3) is 0 Å². The highest BCUT2D eigenvalue weighted by molar-refractivity contribution is 7.09. The molecule has 1 aliphatic rings. The predicted octanol–water partition coefficient (Wildman–Crippen LogP) is 2.03. The van der Waals surface area contributed by atoms with Gasteiger partial charge in [0, 0.05) is 18.5 Å². The molecule has 0 saturated carbocycles. The summed E-state index contributed by atoms with van der Waals surface area (Å²) in [6.07, 6.45) is 1.15. The summed E-state index contributed by atoms with van der Waals surface area (Å²) in [4.78, 5) is 28.6. The molecule has 2 N–H and O–H groups in total. The van der Waals surface area contributed by atoms with Crippen LogP contribution in [0.2, 0.25) is 0 Å². The van der Waals surface area contributed by atoms with Crippen LogP contribution >= 0.6 is 11.3 Å². The quantitative estimate of drug-likeness (QED) is 0.894. The van der Waals surface area contributed by atoms with Gasteiger partial charge in [-0.05, 0) is 18.3 Å². The van der Waals surface area contributed by atoms with E-state index in [0.717, 1.165) is 19.5 Å². The minimum atomic E-state index is -1.04. The fourth-order valence-electron chi connectivity index (χ4n) is 2.58. The van der Waals surface area contributed by atoms with Crippen molar-refractivity contribution in [3.8, 4) is 0 Å². The highest BCUT2D eigenvalue weighted by Gasteiger charge is 2.25. The van der Waals surface area contributed by atoms with Crippen LogP contribution in [0.1, 0.15) is 35.8 Å². The number of thiazole rings is 1. The molecule has 6 nitrogen and oxygen atoms in total. The molecule has 2 atom stereocenters. The lowest BCUT2D eigenvalue weighted by Gasteiger charge is -2.34. The van der Waals surface area contributed by atoms with Crippen LogP contribution in [-0.2, 0) is 6.54 Å². The maximum absolute atomic E-state index is 12.1. The SMILES string of the molecule is CC1CC(C)CN(C(=O)NCc2nc(C(=O)O)cs2)C1. The number of carboxylic acid groups (broad SMARTS) is 1. The first-order chi connectivity index (χ1) is 9.45. The summed E-state index contributed by atoms with van der Waals surface area (Å²) in [5.41, 5.74) is 0.0273. The minimum absolute atomic E-state index is 0.0273. The number of aromatic nitrogens is 1. The van der Waals surface area contributed by atoms with E-state index in [9.17, 15) is 9.59 Å². The molecule has 7 heteroatoms. The zero-order valence-corrected chi connectivity index (χ0v) is 12.4. The standard InChI is InChI=1S/C13H19N3O3S/c1-8-3-9(2)6-16(5-8)13(19)14-4-11-15-10(7-20-11)12(17)18/h7-9H,3-6H2,1-2H3,(H,14,19)(H,17,18). The van der Waals surface area contributed by atoms with Crippen LogP contribution in [0.15, 0.2) is 5.38 Å². The second-order valence-electron chi connectivity index (χ2n) is 5.44. The summed E-state index contributed by atoms with van der Waals surface area (Å²) in [7, 11) is 0. The summed E-state index contributed by atoms with van der Waals surface area (Å²) < 4.78 is 0. The number of aromatic carboxylic acids is 1. The summed E-state index contributed by atoms with van der Waals surface area (Å²) in [5, 5.41) is 13.7. The van der Waals surface area contributed by atoms with Crippen molar-refractivity contribution >= 4 is 23.3 Å². The van der Waals surface area contributed by atoms with Crippen LogP contribution < -0.4 is 5.32 Å². The predicted molar refractivity (Wildman–Crippen MR) is 75.8 cm³/mol. The molecule has 1 fully saturated rings. The van der Waals surface area contributed by atoms with E-state index in [0.29, 0.717) is 16.8 Å². The zero-order valence-electron chi connectivity index (χ0n) is 11.6. The average molecular weight is 297 g/mol. The van der Waals surface area contributed by atoms with Crippen molar-refractivity contribution < 1.29 is 14.7 Å². The van der Waals surface area contributed by atoms with Crippen LogP contribution in [-0.4, -0.2) is 40.1 Å². The molecule has 110 valence electrons. The number of hydrogen-bond acceptors (Lipinski definition) is 4. The van der Waals surface area contributed by atoms with Gasteiger partial charge in [0.05, 0.1) is 6.54 Å². The van der Waals surface area contributed by atoms with Crippen LogP contribution in [0.5, 0.6) is 0 Å². The number of carbonyl (C=O) groups excluding carboxylic acids is 1. The molecule has 2 amide bonds. The van der Waals surface area contributed by atoms with Gasteiger partial charge in [-0.1, -0.05) is 13.8 Å². The Kier molecular flexibility index (Phi) is 4.59. The van der Waals surface area contributed by atoms with Crippen molar-refractivity contribution in [1.29, 1.82) is 0 Å². The fourth-order valence-corrected chi connectivity index (χ4v) is 3.29. The number of carbonyl (C=O) groups is 2. The summed E-state index contributed by atoms with van der Waals surface area (Å²) >= 11 is 1.24. The normalized spacial score (nSPS) is 22.6. The third-order valence-electron chi connectivity index (χ3n) is 3.32. The number of nitrogens with zero attached hydrogens (tertiary/aromatic N) is 2. The second-order valence-corrected chi connectivity index (χ2v) is 6.38. The largest absolute Gasteiger partial charge is 0.476 e. The van der Waals surface area contributed by atoms with Gasteiger partial charge in [-0.25, -0.2) is 14.6 Å². The highest BCUT2D eigenvalue weighted by Crippen LogP contribution is 2.20. The van der Waals surface area contributed by atoms with Gasteiger partial charge in [-0.3, -0.25) is 0 Å². The Morgan fingerprint density at radius 2 is 2.10 bits per heavy atom. The zero-order chi connectivity index (χ0) is 14.7. The number of rotatable bonds is 3. The Labute approximate surface area is 121 Å². The molecule has 1 aliphatic heterocycles. The van der Waals surface area contributed by atoms with Crippen molar-refractivity contribution in [2.75, 3.05) is 13.1 Å². The molecule has 1 saturated heterocycles. The van der Waals surface area contributed by atoms with E-state index in [1.165, 1.54) is 16.7 Å². The van der Waals surface area contributed by atoms with E-state index in [4.69, 9.17) is 5.11 Å². The van der Waals surface area contributed by atoms with E-state index in [1.54, 1.807) is 0 Å². The molecule has 1 aromatic heterocycles. The second kappa shape index (κ2) is 6.21. The van der Waals surface area contributed by atoms with E-state index >= 15 is 0 Å². The number of nitrogens with one attached hydrogen (secondary N) is 1. The molecule has 0 bridgehead atoms. The third kappa shape index (κ3) is 3.69. The summed E-state index contributed by atoms with van der Waals surface area (Å²) in [6, 6.07) is -0.101. The van der Waals surface area contributed by atoms with Gasteiger partial charge >= 0.3 is 12.0 Å². The molecule has 2 unspecified atom stereocenters.